The lowest BCUT2D eigenvalue weighted by molar-refractivity contribution is 0.287. The number of halogens is 3. The topological polar surface area (TPSA) is 9.23 Å². The zero-order valence-electron chi connectivity index (χ0n) is 8.81. The Kier molecular flexibility index (Phi) is 5.46. The molecule has 0 saturated carbocycles. The molecule has 0 unspecified atom stereocenters. The third kappa shape index (κ3) is 3.93. The maximum absolute atomic E-state index is 13.2. The second-order valence-corrected chi connectivity index (χ2v) is 4.25. The summed E-state index contributed by atoms with van der Waals surface area (Å²) in [6.45, 7) is 3.97. The molecule has 16 heavy (non-hydrogen) atoms. The van der Waals surface area contributed by atoms with Gasteiger partial charge in [-0.15, -0.1) is 6.58 Å². The van der Waals surface area contributed by atoms with Gasteiger partial charge in [0.25, 0.3) is 0 Å². The fraction of sp³-hybridized carbons (Fsp3) is 0.333. The van der Waals surface area contributed by atoms with Crippen LogP contribution in [0.4, 0.5) is 8.78 Å². The minimum atomic E-state index is -0.938. The summed E-state index contributed by atoms with van der Waals surface area (Å²) in [5.74, 6) is -1.90. The first-order valence-corrected chi connectivity index (χ1v) is 5.82. The van der Waals surface area contributed by atoms with E-state index in [9.17, 15) is 8.78 Å². The summed E-state index contributed by atoms with van der Waals surface area (Å²) >= 11 is 3.08. The van der Waals surface area contributed by atoms with E-state index in [1.54, 1.807) is 0 Å². The van der Waals surface area contributed by atoms with E-state index in [0.717, 1.165) is 25.3 Å². The molecule has 0 spiro atoms. The highest BCUT2D eigenvalue weighted by Crippen LogP contribution is 2.25. The van der Waals surface area contributed by atoms with Crippen molar-refractivity contribution in [2.75, 3.05) is 6.61 Å². The number of benzene rings is 1. The maximum Gasteiger partial charge on any atom is 0.200 e. The zero-order valence-corrected chi connectivity index (χ0v) is 10.4. The number of allylic oxidation sites excluding steroid dienone is 1. The van der Waals surface area contributed by atoms with Gasteiger partial charge in [0.15, 0.2) is 11.6 Å². The predicted molar refractivity (Wildman–Crippen MR) is 63.6 cm³/mol. The summed E-state index contributed by atoms with van der Waals surface area (Å²) in [5, 5.41) is 0. The fourth-order valence-electron chi connectivity index (χ4n) is 1.21. The number of hydrogen-bond acceptors (Lipinski definition) is 1. The Morgan fingerprint density at radius 1 is 1.31 bits per heavy atom. The Bertz CT molecular complexity index is 366. The van der Waals surface area contributed by atoms with Crippen LogP contribution in [0.25, 0.3) is 0 Å². The van der Waals surface area contributed by atoms with Gasteiger partial charge in [-0.2, -0.15) is 4.39 Å². The average Bonchev–Trinajstić information content (AvgIpc) is 2.24. The first-order valence-electron chi connectivity index (χ1n) is 5.03. The maximum atomic E-state index is 13.2. The number of hydrogen-bond donors (Lipinski definition) is 0. The van der Waals surface area contributed by atoms with Crippen LogP contribution in [-0.4, -0.2) is 6.61 Å². The molecule has 0 heterocycles. The molecule has 1 aromatic rings. The molecule has 0 aromatic heterocycles. The molecule has 0 radical (unpaired) electrons. The van der Waals surface area contributed by atoms with Crippen LogP contribution in [0.1, 0.15) is 19.3 Å². The third-order valence-electron chi connectivity index (χ3n) is 2.02. The van der Waals surface area contributed by atoms with Gasteiger partial charge in [-0.25, -0.2) is 4.39 Å². The molecule has 0 fully saturated rings. The molecular formula is C12H13BrF2O. The van der Waals surface area contributed by atoms with Crippen molar-refractivity contribution >= 4 is 15.9 Å². The van der Waals surface area contributed by atoms with Gasteiger partial charge in [-0.05, 0) is 31.4 Å². The van der Waals surface area contributed by atoms with E-state index in [0.29, 0.717) is 11.1 Å². The van der Waals surface area contributed by atoms with Crippen molar-refractivity contribution < 1.29 is 13.5 Å². The van der Waals surface area contributed by atoms with Crippen molar-refractivity contribution in [2.45, 2.75) is 19.3 Å². The Balaban J connectivity index is 2.50. The molecule has 0 aliphatic heterocycles. The van der Waals surface area contributed by atoms with Gasteiger partial charge in [0, 0.05) is 4.47 Å². The summed E-state index contributed by atoms with van der Waals surface area (Å²) in [5.41, 5.74) is 0. The van der Waals surface area contributed by atoms with Gasteiger partial charge in [0.05, 0.1) is 6.61 Å². The van der Waals surface area contributed by atoms with Gasteiger partial charge in [0.2, 0.25) is 5.82 Å². The van der Waals surface area contributed by atoms with E-state index >= 15 is 0 Å². The fourth-order valence-corrected chi connectivity index (χ4v) is 1.62. The molecule has 0 aliphatic rings. The first-order chi connectivity index (χ1) is 7.65. The quantitative estimate of drug-likeness (QED) is 0.427. The summed E-state index contributed by atoms with van der Waals surface area (Å²) in [4.78, 5) is 0. The second kappa shape index (κ2) is 6.63. The molecule has 1 nitrogen and oxygen atoms in total. The molecule has 0 aliphatic carbocycles. The van der Waals surface area contributed by atoms with E-state index in [2.05, 4.69) is 22.5 Å². The highest BCUT2D eigenvalue weighted by atomic mass is 79.9. The van der Waals surface area contributed by atoms with E-state index in [1.807, 2.05) is 6.08 Å². The van der Waals surface area contributed by atoms with Crippen molar-refractivity contribution in [2.24, 2.45) is 0 Å². The van der Waals surface area contributed by atoms with E-state index < -0.39 is 11.6 Å². The molecule has 88 valence electrons. The summed E-state index contributed by atoms with van der Waals surface area (Å²) < 4.78 is 31.8. The van der Waals surface area contributed by atoms with Gasteiger partial charge < -0.3 is 4.74 Å². The SMILES string of the molecule is C=CCCCCOc1cc(Br)cc(F)c1F. The lowest BCUT2D eigenvalue weighted by atomic mass is 10.2. The highest BCUT2D eigenvalue weighted by molar-refractivity contribution is 9.10. The molecule has 0 atom stereocenters. The molecule has 0 saturated heterocycles. The molecule has 4 heteroatoms. The molecule has 1 aromatic carbocycles. The largest absolute Gasteiger partial charge is 0.490 e. The van der Waals surface area contributed by atoms with Crippen molar-refractivity contribution in [3.05, 3.63) is 40.9 Å². The second-order valence-electron chi connectivity index (χ2n) is 3.33. The lowest BCUT2D eigenvalue weighted by Gasteiger charge is -2.07. The molecule has 1 rings (SSSR count). The third-order valence-corrected chi connectivity index (χ3v) is 2.48. The van der Waals surface area contributed by atoms with Crippen LogP contribution in [-0.2, 0) is 0 Å². The van der Waals surface area contributed by atoms with Gasteiger partial charge in [-0.3, -0.25) is 0 Å². The van der Waals surface area contributed by atoms with Crippen LogP contribution in [0.15, 0.2) is 29.3 Å². The van der Waals surface area contributed by atoms with Crippen LogP contribution in [0, 0.1) is 11.6 Å². The Labute approximate surface area is 102 Å². The summed E-state index contributed by atoms with van der Waals surface area (Å²) in [6, 6.07) is 2.49. The zero-order chi connectivity index (χ0) is 12.0. The van der Waals surface area contributed by atoms with Crippen LogP contribution < -0.4 is 4.74 Å². The Morgan fingerprint density at radius 3 is 2.75 bits per heavy atom. The normalized spacial score (nSPS) is 10.2. The minimum Gasteiger partial charge on any atom is -0.490 e. The first kappa shape index (κ1) is 13.2. The molecular weight excluding hydrogens is 278 g/mol. The molecule has 0 N–H and O–H groups in total. The standard InChI is InChI=1S/C12H13BrF2O/c1-2-3-4-5-6-16-11-8-9(13)7-10(14)12(11)15/h2,7-8H,1,3-6H2. The van der Waals surface area contributed by atoms with Crippen LogP contribution >= 0.6 is 15.9 Å². The van der Waals surface area contributed by atoms with Crippen molar-refractivity contribution in [3.63, 3.8) is 0 Å². The van der Waals surface area contributed by atoms with E-state index in [1.165, 1.54) is 6.07 Å². The number of unbranched alkanes of at least 4 members (excludes halogenated alkanes) is 2. The van der Waals surface area contributed by atoms with E-state index in [-0.39, 0.29) is 5.75 Å². The number of rotatable bonds is 6. The predicted octanol–water partition coefficient (Wildman–Crippen LogP) is 4.46. The van der Waals surface area contributed by atoms with Gasteiger partial charge in [0.1, 0.15) is 0 Å². The smallest absolute Gasteiger partial charge is 0.200 e. The van der Waals surface area contributed by atoms with Gasteiger partial charge >= 0.3 is 0 Å². The highest BCUT2D eigenvalue weighted by Gasteiger charge is 2.10. The number of ether oxygens (including phenoxy) is 1. The van der Waals surface area contributed by atoms with Crippen LogP contribution in [0.3, 0.4) is 0 Å². The molecule has 0 amide bonds. The lowest BCUT2D eigenvalue weighted by Crippen LogP contribution is -2.00. The average molecular weight is 291 g/mol. The van der Waals surface area contributed by atoms with Crippen molar-refractivity contribution in [1.82, 2.24) is 0 Å². The van der Waals surface area contributed by atoms with Crippen molar-refractivity contribution in [1.29, 1.82) is 0 Å². The summed E-state index contributed by atoms with van der Waals surface area (Å²) in [6.07, 6.45) is 4.44. The van der Waals surface area contributed by atoms with Crippen LogP contribution in [0.2, 0.25) is 0 Å². The van der Waals surface area contributed by atoms with Crippen molar-refractivity contribution in [3.8, 4) is 5.75 Å². The summed E-state index contributed by atoms with van der Waals surface area (Å²) in [7, 11) is 0. The van der Waals surface area contributed by atoms with Crippen LogP contribution in [0.5, 0.6) is 5.75 Å². The Morgan fingerprint density at radius 2 is 2.06 bits per heavy atom. The van der Waals surface area contributed by atoms with Gasteiger partial charge in [-0.1, -0.05) is 22.0 Å². The Hall–Kier alpha value is -0.900. The monoisotopic (exact) mass is 290 g/mol. The van der Waals surface area contributed by atoms with E-state index in [4.69, 9.17) is 4.74 Å². The molecule has 0 bridgehead atoms. The minimum absolute atomic E-state index is 0.0505.